The molecule has 11 heteroatoms. The van der Waals surface area contributed by atoms with Crippen LogP contribution >= 0.6 is 11.6 Å². The minimum atomic E-state index is -4.65. The molecule has 2 rings (SSSR count). The summed E-state index contributed by atoms with van der Waals surface area (Å²) < 4.78 is 38.7. The molecule has 0 spiro atoms. The van der Waals surface area contributed by atoms with E-state index >= 15 is 0 Å². The Bertz CT molecular complexity index is 770. The number of rotatable bonds is 5. The molecule has 2 aromatic rings. The summed E-state index contributed by atoms with van der Waals surface area (Å²) in [6.45, 7) is 2.09. The van der Waals surface area contributed by atoms with Gasteiger partial charge in [0.15, 0.2) is 0 Å². The van der Waals surface area contributed by atoms with E-state index < -0.39 is 27.4 Å². The Balaban J connectivity index is 2.45. The molecule has 0 saturated heterocycles. The van der Waals surface area contributed by atoms with E-state index in [1.165, 1.54) is 6.07 Å². The van der Waals surface area contributed by atoms with Gasteiger partial charge in [0.25, 0.3) is 0 Å². The quantitative estimate of drug-likeness (QED) is 0.611. The van der Waals surface area contributed by atoms with Gasteiger partial charge in [-0.25, -0.2) is 9.97 Å². The van der Waals surface area contributed by atoms with Crippen molar-refractivity contribution in [3.8, 4) is 0 Å². The van der Waals surface area contributed by atoms with Gasteiger partial charge in [-0.3, -0.25) is 10.1 Å². The van der Waals surface area contributed by atoms with E-state index in [9.17, 15) is 23.3 Å². The summed E-state index contributed by atoms with van der Waals surface area (Å²) in [7, 11) is 0. The highest BCUT2D eigenvalue weighted by molar-refractivity contribution is 6.31. The molecule has 0 fully saturated rings. The Morgan fingerprint density at radius 3 is 2.54 bits per heavy atom. The fourth-order valence-electron chi connectivity index (χ4n) is 1.90. The van der Waals surface area contributed by atoms with Gasteiger partial charge in [-0.1, -0.05) is 11.6 Å². The molecular weight excluding hydrogens is 351 g/mol. The maximum Gasteiger partial charge on any atom is 0.417 e. The lowest BCUT2D eigenvalue weighted by Gasteiger charge is -2.12. The van der Waals surface area contributed by atoms with Crippen LogP contribution in [0.15, 0.2) is 24.5 Å². The van der Waals surface area contributed by atoms with Gasteiger partial charge in [0, 0.05) is 12.2 Å². The van der Waals surface area contributed by atoms with Gasteiger partial charge in [0.1, 0.15) is 6.33 Å². The number of hydrogen-bond acceptors (Lipinski definition) is 6. The molecule has 0 aliphatic heterocycles. The molecule has 0 amide bonds. The van der Waals surface area contributed by atoms with E-state index in [0.29, 0.717) is 6.54 Å². The molecule has 1 aromatic heterocycles. The second kappa shape index (κ2) is 6.87. The van der Waals surface area contributed by atoms with Crippen molar-refractivity contribution in [3.63, 3.8) is 0 Å². The zero-order valence-electron chi connectivity index (χ0n) is 12.2. The Hall–Kier alpha value is -2.62. The Morgan fingerprint density at radius 1 is 1.29 bits per heavy atom. The number of alkyl halides is 3. The average molecular weight is 362 g/mol. The van der Waals surface area contributed by atoms with Gasteiger partial charge in [-0.2, -0.15) is 13.2 Å². The molecule has 1 aromatic carbocycles. The molecule has 0 aliphatic rings. The summed E-state index contributed by atoms with van der Waals surface area (Å²) in [5.74, 6) is -0.272. The molecule has 128 valence electrons. The van der Waals surface area contributed by atoms with Crippen molar-refractivity contribution in [1.29, 1.82) is 0 Å². The first-order chi connectivity index (χ1) is 11.2. The van der Waals surface area contributed by atoms with Crippen LogP contribution in [-0.4, -0.2) is 21.4 Å². The second-order valence-corrected chi connectivity index (χ2v) is 4.93. The first-order valence-electron chi connectivity index (χ1n) is 6.61. The van der Waals surface area contributed by atoms with Gasteiger partial charge in [-0.05, 0) is 25.1 Å². The lowest BCUT2D eigenvalue weighted by atomic mass is 10.2. The van der Waals surface area contributed by atoms with Gasteiger partial charge in [0.2, 0.25) is 11.6 Å². The fourth-order valence-corrected chi connectivity index (χ4v) is 2.12. The molecule has 2 N–H and O–H groups in total. The lowest BCUT2D eigenvalue weighted by Crippen LogP contribution is -2.09. The highest BCUT2D eigenvalue weighted by Crippen LogP contribution is 2.37. The third-order valence-electron chi connectivity index (χ3n) is 2.88. The third kappa shape index (κ3) is 3.82. The number of nitro groups is 1. The maximum atomic E-state index is 12.9. The summed E-state index contributed by atoms with van der Waals surface area (Å²) in [6, 6.07) is 3.06. The van der Waals surface area contributed by atoms with Crippen LogP contribution in [0.25, 0.3) is 0 Å². The van der Waals surface area contributed by atoms with Crippen LogP contribution < -0.4 is 10.6 Å². The van der Waals surface area contributed by atoms with E-state index in [0.717, 1.165) is 18.5 Å². The van der Waals surface area contributed by atoms with Gasteiger partial charge < -0.3 is 10.6 Å². The topological polar surface area (TPSA) is 93.0 Å². The van der Waals surface area contributed by atoms with E-state index in [1.807, 2.05) is 0 Å². The zero-order chi connectivity index (χ0) is 17.9. The number of anilines is 3. The first-order valence-corrected chi connectivity index (χ1v) is 6.98. The molecule has 0 saturated carbocycles. The number of aromatic nitrogens is 2. The Morgan fingerprint density at radius 2 is 1.96 bits per heavy atom. The van der Waals surface area contributed by atoms with Crippen molar-refractivity contribution < 1.29 is 18.1 Å². The highest BCUT2D eigenvalue weighted by Gasteiger charge is 2.33. The van der Waals surface area contributed by atoms with Gasteiger partial charge in [-0.15, -0.1) is 0 Å². The van der Waals surface area contributed by atoms with Crippen molar-refractivity contribution >= 4 is 34.6 Å². The van der Waals surface area contributed by atoms with E-state index in [2.05, 4.69) is 20.6 Å². The summed E-state index contributed by atoms with van der Waals surface area (Å²) in [4.78, 5) is 18.0. The molecule has 0 unspecified atom stereocenters. The standard InChI is InChI=1S/C13H11ClF3N5O2/c1-2-18-11-10(22(23)24)12(20-6-19-11)21-7-3-4-9(14)8(5-7)13(15,16)17/h3-6H,2H2,1H3,(H2,18,19,20,21). The summed E-state index contributed by atoms with van der Waals surface area (Å²) in [5.41, 5.74) is -1.57. The van der Waals surface area contributed by atoms with Crippen LogP contribution in [0, 0.1) is 10.1 Å². The molecule has 1 heterocycles. The smallest absolute Gasteiger partial charge is 0.364 e. The Kier molecular flexibility index (Phi) is 5.07. The molecule has 7 nitrogen and oxygen atoms in total. The number of nitrogens with zero attached hydrogens (tertiary/aromatic N) is 3. The Labute approximate surface area is 139 Å². The number of hydrogen-bond donors (Lipinski definition) is 2. The van der Waals surface area contributed by atoms with E-state index in [4.69, 9.17) is 11.6 Å². The molecule has 0 radical (unpaired) electrons. The fraction of sp³-hybridized carbons (Fsp3) is 0.231. The number of nitrogens with one attached hydrogen (secondary N) is 2. The van der Waals surface area contributed by atoms with Crippen molar-refractivity contribution in [2.75, 3.05) is 17.2 Å². The predicted octanol–water partition coefficient (Wildman–Crippen LogP) is 4.23. The first kappa shape index (κ1) is 17.7. The minimum Gasteiger partial charge on any atom is -0.364 e. The lowest BCUT2D eigenvalue weighted by molar-refractivity contribution is -0.383. The van der Waals surface area contributed by atoms with Crippen molar-refractivity contribution in [2.45, 2.75) is 13.1 Å². The van der Waals surface area contributed by atoms with Crippen LogP contribution in [-0.2, 0) is 6.18 Å². The number of halogens is 4. The number of benzene rings is 1. The third-order valence-corrected chi connectivity index (χ3v) is 3.21. The predicted molar refractivity (Wildman–Crippen MR) is 82.6 cm³/mol. The normalized spacial score (nSPS) is 11.2. The minimum absolute atomic E-state index is 0.0370. The van der Waals surface area contributed by atoms with Crippen LogP contribution in [0.4, 0.5) is 36.2 Å². The largest absolute Gasteiger partial charge is 0.417 e. The molecule has 0 bridgehead atoms. The van der Waals surface area contributed by atoms with E-state index in [1.54, 1.807) is 6.92 Å². The van der Waals surface area contributed by atoms with Crippen LogP contribution in [0.1, 0.15) is 12.5 Å². The highest BCUT2D eigenvalue weighted by atomic mass is 35.5. The summed E-state index contributed by atoms with van der Waals surface area (Å²) in [6.07, 6.45) is -3.59. The average Bonchev–Trinajstić information content (AvgIpc) is 2.48. The monoisotopic (exact) mass is 361 g/mol. The van der Waals surface area contributed by atoms with Crippen molar-refractivity contribution in [1.82, 2.24) is 9.97 Å². The summed E-state index contributed by atoms with van der Waals surface area (Å²) in [5, 5.41) is 16.0. The van der Waals surface area contributed by atoms with Crippen molar-refractivity contribution in [2.24, 2.45) is 0 Å². The zero-order valence-corrected chi connectivity index (χ0v) is 12.9. The maximum absolute atomic E-state index is 12.9. The van der Waals surface area contributed by atoms with E-state index in [-0.39, 0.29) is 17.3 Å². The molecule has 0 atom stereocenters. The SMILES string of the molecule is CCNc1ncnc(Nc2ccc(Cl)c(C(F)(F)F)c2)c1[N+](=O)[O-]. The van der Waals surface area contributed by atoms with Crippen LogP contribution in [0.3, 0.4) is 0 Å². The van der Waals surface area contributed by atoms with Gasteiger partial charge in [0.05, 0.1) is 15.5 Å². The summed E-state index contributed by atoms with van der Waals surface area (Å²) >= 11 is 5.54. The van der Waals surface area contributed by atoms with Crippen LogP contribution in [0.5, 0.6) is 0 Å². The second-order valence-electron chi connectivity index (χ2n) is 4.52. The van der Waals surface area contributed by atoms with Crippen LogP contribution in [0.2, 0.25) is 5.02 Å². The van der Waals surface area contributed by atoms with Crippen molar-refractivity contribution in [3.05, 3.63) is 45.2 Å². The molecule has 0 aliphatic carbocycles. The molecular formula is C13H11ClF3N5O2. The molecule has 24 heavy (non-hydrogen) atoms. The van der Waals surface area contributed by atoms with Gasteiger partial charge >= 0.3 is 11.9 Å².